The van der Waals surface area contributed by atoms with Crippen LogP contribution in [0.1, 0.15) is 5.56 Å². The Hall–Kier alpha value is -1.71. The number of aromatic hydroxyl groups is 1. The fourth-order valence-electron chi connectivity index (χ4n) is 1.57. The standard InChI is InChI=1S/C14H14ClNO2/c15-16-10-9-11-1-5-13(6-2-11)18-14-7-3-12(17)4-8-14/h1-8,16-17H,9-10H2. The summed E-state index contributed by atoms with van der Waals surface area (Å²) >= 11 is 5.41. The zero-order valence-electron chi connectivity index (χ0n) is 9.77. The molecule has 94 valence electrons. The van der Waals surface area contributed by atoms with Crippen LogP contribution >= 0.6 is 11.8 Å². The van der Waals surface area contributed by atoms with Gasteiger partial charge in [0.05, 0.1) is 0 Å². The quantitative estimate of drug-likeness (QED) is 0.812. The highest BCUT2D eigenvalue weighted by atomic mass is 35.5. The molecule has 0 radical (unpaired) electrons. The number of hydrogen-bond acceptors (Lipinski definition) is 3. The first-order valence-corrected chi connectivity index (χ1v) is 6.05. The molecule has 3 nitrogen and oxygen atoms in total. The molecule has 0 aliphatic carbocycles. The SMILES string of the molecule is Oc1ccc(Oc2ccc(CCNCl)cc2)cc1. The Labute approximate surface area is 111 Å². The van der Waals surface area contributed by atoms with Gasteiger partial charge in [0.1, 0.15) is 17.2 Å². The third-order valence-electron chi connectivity index (χ3n) is 2.50. The van der Waals surface area contributed by atoms with Gasteiger partial charge < -0.3 is 9.84 Å². The predicted molar refractivity (Wildman–Crippen MR) is 72.2 cm³/mol. The molecule has 0 aliphatic heterocycles. The number of phenols is 1. The molecule has 0 aliphatic rings. The van der Waals surface area contributed by atoms with Crippen LogP contribution in [0.15, 0.2) is 48.5 Å². The van der Waals surface area contributed by atoms with E-state index in [1.807, 2.05) is 24.3 Å². The maximum Gasteiger partial charge on any atom is 0.127 e. The van der Waals surface area contributed by atoms with Crippen molar-refractivity contribution in [2.24, 2.45) is 0 Å². The van der Waals surface area contributed by atoms with Crippen LogP contribution in [-0.4, -0.2) is 11.7 Å². The molecule has 2 rings (SSSR count). The van der Waals surface area contributed by atoms with E-state index in [9.17, 15) is 0 Å². The molecule has 0 saturated heterocycles. The highest BCUT2D eigenvalue weighted by molar-refractivity contribution is 6.13. The Bertz CT molecular complexity index is 482. The summed E-state index contributed by atoms with van der Waals surface area (Å²) in [6, 6.07) is 14.5. The van der Waals surface area contributed by atoms with Crippen LogP contribution in [0.25, 0.3) is 0 Å². The Kier molecular flexibility index (Phi) is 4.45. The molecule has 0 saturated carbocycles. The second-order valence-corrected chi connectivity index (χ2v) is 4.14. The van der Waals surface area contributed by atoms with Crippen molar-refractivity contribution in [3.8, 4) is 17.2 Å². The summed E-state index contributed by atoms with van der Waals surface area (Å²) in [5.41, 5.74) is 1.20. The molecule has 2 aromatic carbocycles. The van der Waals surface area contributed by atoms with Crippen LogP contribution in [0.2, 0.25) is 0 Å². The molecule has 0 bridgehead atoms. The van der Waals surface area contributed by atoms with Gasteiger partial charge in [-0.25, -0.2) is 4.84 Å². The smallest absolute Gasteiger partial charge is 0.127 e. The van der Waals surface area contributed by atoms with E-state index in [1.165, 1.54) is 5.56 Å². The van der Waals surface area contributed by atoms with Crippen molar-refractivity contribution < 1.29 is 9.84 Å². The fourth-order valence-corrected chi connectivity index (χ4v) is 1.66. The third-order valence-corrected chi connectivity index (χ3v) is 2.69. The van der Waals surface area contributed by atoms with E-state index in [0.717, 1.165) is 18.7 Å². The number of hydrogen-bond donors (Lipinski definition) is 2. The van der Waals surface area contributed by atoms with Gasteiger partial charge in [-0.3, -0.25) is 0 Å². The minimum Gasteiger partial charge on any atom is -0.508 e. The molecule has 0 atom stereocenters. The van der Waals surface area contributed by atoms with Crippen LogP contribution in [-0.2, 0) is 6.42 Å². The van der Waals surface area contributed by atoms with Crippen molar-refractivity contribution in [3.63, 3.8) is 0 Å². The third kappa shape index (κ3) is 3.65. The van der Waals surface area contributed by atoms with Gasteiger partial charge in [0, 0.05) is 6.54 Å². The van der Waals surface area contributed by atoms with Gasteiger partial charge in [0.15, 0.2) is 0 Å². The van der Waals surface area contributed by atoms with E-state index in [1.54, 1.807) is 24.3 Å². The van der Waals surface area contributed by atoms with Crippen LogP contribution in [0.3, 0.4) is 0 Å². The fraction of sp³-hybridized carbons (Fsp3) is 0.143. The second kappa shape index (κ2) is 6.28. The van der Waals surface area contributed by atoms with Gasteiger partial charge in [0.25, 0.3) is 0 Å². The van der Waals surface area contributed by atoms with E-state index in [0.29, 0.717) is 5.75 Å². The normalized spacial score (nSPS) is 10.3. The molecule has 4 heteroatoms. The summed E-state index contributed by atoms with van der Waals surface area (Å²) in [5.74, 6) is 1.69. The van der Waals surface area contributed by atoms with Crippen molar-refractivity contribution in [1.29, 1.82) is 0 Å². The Morgan fingerprint density at radius 1 is 0.944 bits per heavy atom. The summed E-state index contributed by atoms with van der Waals surface area (Å²) in [7, 11) is 0. The van der Waals surface area contributed by atoms with Crippen LogP contribution in [0.5, 0.6) is 17.2 Å². The molecule has 0 heterocycles. The van der Waals surface area contributed by atoms with Gasteiger partial charge in [-0.2, -0.15) is 0 Å². The average Bonchev–Trinajstić information content (AvgIpc) is 2.41. The lowest BCUT2D eigenvalue weighted by Gasteiger charge is -2.06. The first-order valence-electron chi connectivity index (χ1n) is 5.67. The lowest BCUT2D eigenvalue weighted by molar-refractivity contribution is 0.464. The van der Waals surface area contributed by atoms with Gasteiger partial charge >= 0.3 is 0 Å². The Balaban J connectivity index is 1.99. The van der Waals surface area contributed by atoms with Crippen molar-refractivity contribution in [2.45, 2.75) is 6.42 Å². The summed E-state index contributed by atoms with van der Waals surface area (Å²) in [6.07, 6.45) is 0.878. The number of halogens is 1. The lowest BCUT2D eigenvalue weighted by atomic mass is 10.1. The van der Waals surface area contributed by atoms with Crippen LogP contribution in [0, 0.1) is 0 Å². The van der Waals surface area contributed by atoms with Gasteiger partial charge in [0.2, 0.25) is 0 Å². The molecule has 0 amide bonds. The minimum atomic E-state index is 0.228. The van der Waals surface area contributed by atoms with Gasteiger partial charge in [-0.15, -0.1) is 0 Å². The molecular weight excluding hydrogens is 250 g/mol. The molecule has 18 heavy (non-hydrogen) atoms. The number of benzene rings is 2. The average molecular weight is 264 g/mol. The van der Waals surface area contributed by atoms with Crippen molar-refractivity contribution in [2.75, 3.05) is 6.54 Å². The van der Waals surface area contributed by atoms with E-state index in [-0.39, 0.29) is 5.75 Å². The van der Waals surface area contributed by atoms with Crippen molar-refractivity contribution in [1.82, 2.24) is 4.84 Å². The van der Waals surface area contributed by atoms with E-state index >= 15 is 0 Å². The highest BCUT2D eigenvalue weighted by Gasteiger charge is 1.98. The molecule has 2 aromatic rings. The number of phenolic OH excluding ortho intramolecular Hbond substituents is 1. The Morgan fingerprint density at radius 2 is 1.50 bits per heavy atom. The maximum atomic E-state index is 9.17. The van der Waals surface area contributed by atoms with Crippen LogP contribution in [0.4, 0.5) is 0 Å². The van der Waals surface area contributed by atoms with Gasteiger partial charge in [-0.05, 0) is 60.2 Å². The molecular formula is C14H14ClNO2. The predicted octanol–water partition coefficient (Wildman–Crippen LogP) is 3.47. The summed E-state index contributed by atoms with van der Waals surface area (Å²) < 4.78 is 5.64. The van der Waals surface area contributed by atoms with Crippen LogP contribution < -0.4 is 9.57 Å². The van der Waals surface area contributed by atoms with Gasteiger partial charge in [-0.1, -0.05) is 12.1 Å². The van der Waals surface area contributed by atoms with E-state index < -0.39 is 0 Å². The molecule has 0 spiro atoms. The minimum absolute atomic E-state index is 0.228. The van der Waals surface area contributed by atoms with Crippen molar-refractivity contribution in [3.05, 3.63) is 54.1 Å². The first kappa shape index (κ1) is 12.7. The zero-order valence-corrected chi connectivity index (χ0v) is 10.5. The number of ether oxygens (including phenoxy) is 1. The summed E-state index contributed by atoms with van der Waals surface area (Å²) in [6.45, 7) is 0.736. The number of rotatable bonds is 5. The summed E-state index contributed by atoms with van der Waals surface area (Å²) in [5, 5.41) is 9.17. The van der Waals surface area contributed by atoms with E-state index in [2.05, 4.69) is 4.84 Å². The molecule has 0 unspecified atom stereocenters. The molecule has 0 fully saturated rings. The first-order chi connectivity index (χ1) is 8.78. The molecule has 2 N–H and O–H groups in total. The summed E-state index contributed by atoms with van der Waals surface area (Å²) in [4.78, 5) is 2.59. The highest BCUT2D eigenvalue weighted by Crippen LogP contribution is 2.23. The lowest BCUT2D eigenvalue weighted by Crippen LogP contribution is -2.03. The maximum absolute atomic E-state index is 9.17. The zero-order chi connectivity index (χ0) is 12.8. The molecule has 0 aromatic heterocycles. The topological polar surface area (TPSA) is 41.5 Å². The monoisotopic (exact) mass is 263 g/mol. The van der Waals surface area contributed by atoms with E-state index in [4.69, 9.17) is 21.6 Å². The number of nitrogens with one attached hydrogen (secondary N) is 1. The second-order valence-electron chi connectivity index (χ2n) is 3.87. The van der Waals surface area contributed by atoms with Crippen molar-refractivity contribution >= 4 is 11.8 Å². The Morgan fingerprint density at radius 3 is 2.06 bits per heavy atom. The largest absolute Gasteiger partial charge is 0.508 e.